The van der Waals surface area contributed by atoms with Crippen molar-refractivity contribution in [2.24, 2.45) is 0 Å². The number of benzene rings is 4. The summed E-state index contributed by atoms with van der Waals surface area (Å²) < 4.78 is 64.4. The molecule has 0 saturated carbocycles. The highest BCUT2D eigenvalue weighted by Crippen LogP contribution is 2.37. The van der Waals surface area contributed by atoms with Crippen LogP contribution in [0.3, 0.4) is 0 Å². The molecule has 1 heterocycles. The summed E-state index contributed by atoms with van der Waals surface area (Å²) in [5.41, 5.74) is 1.55. The zero-order valence-electron chi connectivity index (χ0n) is 24.1. The van der Waals surface area contributed by atoms with Crippen LogP contribution < -0.4 is 5.46 Å². The maximum atomic E-state index is 9.21. The van der Waals surface area contributed by atoms with E-state index in [-0.39, 0.29) is 34.9 Å². The second kappa shape index (κ2) is 7.37. The van der Waals surface area contributed by atoms with Crippen LogP contribution in [0.15, 0.2) is 90.9 Å². The van der Waals surface area contributed by atoms with Crippen LogP contribution in [-0.4, -0.2) is 18.3 Å². The monoisotopic (exact) mass is 412 g/mol. The topological polar surface area (TPSA) is 18.5 Å². The minimum Gasteiger partial charge on any atom is -0.399 e. The van der Waals surface area contributed by atoms with E-state index in [9.17, 15) is 1.37 Å². The Morgan fingerprint density at radius 3 is 2.16 bits per heavy atom. The van der Waals surface area contributed by atoms with Crippen molar-refractivity contribution in [3.63, 3.8) is 0 Å². The van der Waals surface area contributed by atoms with Crippen LogP contribution in [0, 0.1) is 0 Å². The van der Waals surface area contributed by atoms with Gasteiger partial charge in [-0.15, -0.1) is 0 Å². The molecule has 31 heavy (non-hydrogen) atoms. The van der Waals surface area contributed by atoms with Gasteiger partial charge in [-0.3, -0.25) is 0 Å². The molecule has 0 bridgehead atoms. The Bertz CT molecular complexity index is 1540. The molecule has 0 unspecified atom stereocenters. The van der Waals surface area contributed by atoms with Crippen molar-refractivity contribution >= 4 is 23.4 Å². The summed E-state index contributed by atoms with van der Waals surface area (Å²) in [5.74, 6) is 0. The molecule has 0 radical (unpaired) electrons. The van der Waals surface area contributed by atoms with Crippen molar-refractivity contribution in [3.05, 3.63) is 90.9 Å². The molecule has 0 atom stereocenters. The summed E-state index contributed by atoms with van der Waals surface area (Å²) in [7, 11) is -0.636. The van der Waals surface area contributed by atoms with E-state index in [1.165, 1.54) is 0 Å². The molecule has 3 heteroatoms. The van der Waals surface area contributed by atoms with Gasteiger partial charge in [0.15, 0.2) is 0 Å². The molecular formula is C28H27BO2. The van der Waals surface area contributed by atoms with Crippen molar-refractivity contribution in [1.29, 1.82) is 0 Å². The Morgan fingerprint density at radius 2 is 1.42 bits per heavy atom. The Balaban J connectivity index is 1.83. The standard InChI is InChI=1S/C28H27BO2/c1-27(2)28(3,4)31-29(30-27)24-15-10-14-22(18-24)26-19-23(20-11-6-5-7-12-20)17-21-13-8-9-16-25(21)26/h5-19H,1-4H3/i8D,9D,13D,16D,17D,19D. The molecule has 0 aliphatic carbocycles. The van der Waals surface area contributed by atoms with Crippen LogP contribution >= 0.6 is 0 Å². The first-order chi connectivity index (χ1) is 17.4. The summed E-state index contributed by atoms with van der Waals surface area (Å²) in [4.78, 5) is 0. The van der Waals surface area contributed by atoms with Crippen LogP contribution in [0.25, 0.3) is 33.0 Å². The molecule has 5 rings (SSSR count). The summed E-state index contributed by atoms with van der Waals surface area (Å²) >= 11 is 0. The smallest absolute Gasteiger partial charge is 0.399 e. The molecule has 4 aromatic carbocycles. The van der Waals surface area contributed by atoms with Gasteiger partial charge in [-0.05, 0) is 78.3 Å². The van der Waals surface area contributed by atoms with Crippen molar-refractivity contribution in [2.45, 2.75) is 38.9 Å². The minimum absolute atomic E-state index is 0.0276. The lowest BCUT2D eigenvalue weighted by Crippen LogP contribution is -2.41. The Kier molecular flexibility index (Phi) is 3.38. The van der Waals surface area contributed by atoms with Crippen LogP contribution in [0.4, 0.5) is 0 Å². The number of rotatable bonds is 3. The second-order valence-electron chi connectivity index (χ2n) is 8.83. The van der Waals surface area contributed by atoms with Crippen molar-refractivity contribution < 1.29 is 17.5 Å². The predicted octanol–water partition coefficient (Wildman–Crippen LogP) is 6.47. The molecule has 0 spiro atoms. The Labute approximate surface area is 193 Å². The molecule has 1 fully saturated rings. The fourth-order valence-corrected chi connectivity index (χ4v) is 3.72. The molecule has 0 amide bonds. The molecule has 1 aliphatic heterocycles. The Morgan fingerprint density at radius 1 is 0.742 bits per heavy atom. The third-order valence-corrected chi connectivity index (χ3v) is 6.20. The van der Waals surface area contributed by atoms with Gasteiger partial charge in [0.1, 0.15) is 0 Å². The molecule has 0 N–H and O–H groups in total. The van der Waals surface area contributed by atoms with Gasteiger partial charge in [-0.2, -0.15) is 0 Å². The van der Waals surface area contributed by atoms with Crippen LogP contribution in [0.2, 0.25) is 0 Å². The van der Waals surface area contributed by atoms with E-state index in [1.54, 1.807) is 18.2 Å². The maximum Gasteiger partial charge on any atom is 0.494 e. The van der Waals surface area contributed by atoms with Crippen LogP contribution in [-0.2, 0) is 9.31 Å². The lowest BCUT2D eigenvalue weighted by Gasteiger charge is -2.32. The van der Waals surface area contributed by atoms with Gasteiger partial charge < -0.3 is 9.31 Å². The fourth-order valence-electron chi connectivity index (χ4n) is 3.72. The summed E-state index contributed by atoms with van der Waals surface area (Å²) in [5, 5.41) is 0.253. The maximum absolute atomic E-state index is 9.21. The summed E-state index contributed by atoms with van der Waals surface area (Å²) in [6, 6.07) is 15.0. The van der Waals surface area contributed by atoms with Gasteiger partial charge in [0.05, 0.1) is 19.4 Å². The highest BCUT2D eigenvalue weighted by molar-refractivity contribution is 6.62. The largest absolute Gasteiger partial charge is 0.494 e. The molecule has 1 saturated heterocycles. The third-order valence-electron chi connectivity index (χ3n) is 6.20. The van der Waals surface area contributed by atoms with E-state index in [2.05, 4.69) is 0 Å². The minimum atomic E-state index is -0.636. The first-order valence-corrected chi connectivity index (χ1v) is 10.4. The highest BCUT2D eigenvalue weighted by Gasteiger charge is 2.51. The van der Waals surface area contributed by atoms with Gasteiger partial charge in [-0.25, -0.2) is 0 Å². The van der Waals surface area contributed by atoms with Crippen molar-refractivity contribution in [3.8, 4) is 22.3 Å². The predicted molar refractivity (Wildman–Crippen MR) is 131 cm³/mol. The Hall–Kier alpha value is -2.88. The SMILES string of the molecule is [2H]c1c([2H])c([2H])c2c(-c3cccc(B4OC(C)(C)C(C)(C)O4)c3)c([2H])c(-c3ccccc3)c([2H])c2c1[2H]. The molecule has 1 aliphatic rings. The number of fused-ring (bicyclic) bond motifs is 1. The zero-order valence-corrected chi connectivity index (χ0v) is 18.1. The quantitative estimate of drug-likeness (QED) is 0.359. The van der Waals surface area contributed by atoms with Gasteiger partial charge in [-0.1, -0.05) is 78.8 Å². The number of hydrogen-bond acceptors (Lipinski definition) is 2. The normalized spacial score (nSPS) is 19.9. The first kappa shape index (κ1) is 14.2. The van der Waals surface area contributed by atoms with Gasteiger partial charge in [0.2, 0.25) is 0 Å². The molecular weight excluding hydrogens is 379 g/mol. The van der Waals surface area contributed by atoms with E-state index in [1.807, 2.05) is 64.1 Å². The zero-order chi connectivity index (χ0) is 26.9. The average Bonchev–Trinajstić information content (AvgIpc) is 3.08. The van der Waals surface area contributed by atoms with E-state index in [0.717, 1.165) is 5.46 Å². The van der Waals surface area contributed by atoms with Crippen LogP contribution in [0.5, 0.6) is 0 Å². The van der Waals surface area contributed by atoms with Crippen LogP contribution in [0.1, 0.15) is 35.9 Å². The fraction of sp³-hybridized carbons (Fsp3) is 0.214. The van der Waals surface area contributed by atoms with E-state index < -0.39 is 30.4 Å². The summed E-state index contributed by atoms with van der Waals surface area (Å²) in [6.45, 7) is 7.90. The molecule has 4 aromatic rings. The van der Waals surface area contributed by atoms with Crippen molar-refractivity contribution in [1.82, 2.24) is 0 Å². The first-order valence-electron chi connectivity index (χ1n) is 13.4. The molecule has 154 valence electrons. The highest BCUT2D eigenvalue weighted by atomic mass is 16.7. The van der Waals surface area contributed by atoms with Gasteiger partial charge in [0.25, 0.3) is 0 Å². The molecule has 0 aromatic heterocycles. The lowest BCUT2D eigenvalue weighted by molar-refractivity contribution is 0.00578. The summed E-state index contributed by atoms with van der Waals surface area (Å²) in [6.07, 6.45) is 0. The van der Waals surface area contributed by atoms with Gasteiger partial charge >= 0.3 is 7.12 Å². The van der Waals surface area contributed by atoms with Gasteiger partial charge in [0, 0.05) is 0 Å². The third kappa shape index (κ3) is 3.58. The lowest BCUT2D eigenvalue weighted by atomic mass is 9.77. The average molecular weight is 412 g/mol. The van der Waals surface area contributed by atoms with E-state index in [0.29, 0.717) is 22.3 Å². The number of hydrogen-bond donors (Lipinski definition) is 0. The second-order valence-corrected chi connectivity index (χ2v) is 8.83. The van der Waals surface area contributed by atoms with E-state index >= 15 is 0 Å². The molecule has 2 nitrogen and oxygen atoms in total. The van der Waals surface area contributed by atoms with E-state index in [4.69, 9.17) is 16.2 Å². The van der Waals surface area contributed by atoms with Crippen molar-refractivity contribution in [2.75, 3.05) is 0 Å².